The number of rotatable bonds is 3. The molecule has 2 aromatic rings. The van der Waals surface area contributed by atoms with E-state index < -0.39 is 24.1 Å². The minimum Gasteiger partial charge on any atom is -0.362 e. The van der Waals surface area contributed by atoms with Crippen molar-refractivity contribution in [3.63, 3.8) is 0 Å². The maximum absolute atomic E-state index is 14.2. The lowest BCUT2D eigenvalue weighted by atomic mass is 9.99. The molecule has 1 unspecified atom stereocenters. The zero-order valence-electron chi connectivity index (χ0n) is 12.6. The number of fused-ring (bicyclic) bond motifs is 1. The molecule has 8 heteroatoms. The van der Waals surface area contributed by atoms with Crippen LogP contribution >= 0.6 is 0 Å². The van der Waals surface area contributed by atoms with Crippen LogP contribution in [0.1, 0.15) is 31.2 Å². The number of nitrogens with zero attached hydrogens (tertiary/aromatic N) is 2. The molecule has 2 aromatic heterocycles. The molecule has 1 saturated carbocycles. The molecule has 2 aliphatic rings. The predicted octanol–water partition coefficient (Wildman–Crippen LogP) is 2.58. The average molecular weight is 325 g/mol. The van der Waals surface area contributed by atoms with Gasteiger partial charge >= 0.3 is 0 Å². The molecule has 1 aliphatic heterocycles. The molecule has 2 fully saturated rings. The van der Waals surface area contributed by atoms with Crippen LogP contribution in [0.2, 0.25) is 0 Å². The van der Waals surface area contributed by atoms with Gasteiger partial charge in [-0.3, -0.25) is 0 Å². The quantitative estimate of drug-likeness (QED) is 0.811. The molecule has 0 bridgehead atoms. The highest BCUT2D eigenvalue weighted by molar-refractivity contribution is 5.91. The molecule has 0 radical (unpaired) electrons. The Balaban J connectivity index is 1.66. The Hall–Kier alpha value is -1.83. The van der Waals surface area contributed by atoms with Crippen LogP contribution < -0.4 is 10.6 Å². The lowest BCUT2D eigenvalue weighted by Gasteiger charge is -2.32. The van der Waals surface area contributed by atoms with Crippen molar-refractivity contribution >= 4 is 16.9 Å². The van der Waals surface area contributed by atoms with E-state index in [1.807, 2.05) is 6.92 Å². The van der Waals surface area contributed by atoms with Crippen LogP contribution in [0.5, 0.6) is 0 Å². The Morgan fingerprint density at radius 3 is 2.83 bits per heavy atom. The molecule has 4 rings (SSSR count). The van der Waals surface area contributed by atoms with Crippen LogP contribution in [0.3, 0.4) is 0 Å². The third-order valence-electron chi connectivity index (χ3n) is 4.73. The molecule has 3 N–H and O–H groups in total. The van der Waals surface area contributed by atoms with Crippen molar-refractivity contribution in [3.8, 4) is 0 Å². The van der Waals surface area contributed by atoms with E-state index in [1.54, 1.807) is 6.20 Å². The van der Waals surface area contributed by atoms with Gasteiger partial charge in [-0.25, -0.2) is 23.1 Å². The van der Waals surface area contributed by atoms with E-state index in [1.165, 1.54) is 6.33 Å². The molecule has 5 nitrogen and oxygen atoms in total. The van der Waals surface area contributed by atoms with E-state index in [0.717, 1.165) is 0 Å². The first-order valence-electron chi connectivity index (χ1n) is 7.79. The van der Waals surface area contributed by atoms with Gasteiger partial charge in [-0.1, -0.05) is 0 Å². The summed E-state index contributed by atoms with van der Waals surface area (Å²) in [7, 11) is 0. The smallest absolute Gasteiger partial charge is 0.256 e. The Morgan fingerprint density at radius 2 is 2.13 bits per heavy atom. The molecule has 23 heavy (non-hydrogen) atoms. The fraction of sp³-hybridized carbons (Fsp3) is 0.600. The molecule has 0 spiro atoms. The zero-order chi connectivity index (χ0) is 16.2. The molecule has 124 valence electrons. The number of H-pyrrole nitrogens is 1. The average Bonchev–Trinajstić information content (AvgIpc) is 2.94. The van der Waals surface area contributed by atoms with E-state index >= 15 is 0 Å². The van der Waals surface area contributed by atoms with Crippen molar-refractivity contribution in [2.24, 2.45) is 0 Å². The van der Waals surface area contributed by atoms with Crippen molar-refractivity contribution in [2.75, 3.05) is 11.9 Å². The summed E-state index contributed by atoms with van der Waals surface area (Å²) in [6, 6.07) is -0.312. The van der Waals surface area contributed by atoms with E-state index in [4.69, 9.17) is 0 Å². The van der Waals surface area contributed by atoms with Gasteiger partial charge in [0.1, 0.15) is 24.0 Å². The number of aromatic amines is 1. The third kappa shape index (κ3) is 2.54. The van der Waals surface area contributed by atoms with E-state index in [-0.39, 0.29) is 12.5 Å². The van der Waals surface area contributed by atoms with Gasteiger partial charge in [0, 0.05) is 25.2 Å². The number of alkyl halides is 3. The normalized spacial score (nSPS) is 32.9. The molecule has 4 atom stereocenters. The van der Waals surface area contributed by atoms with Gasteiger partial charge in [0.25, 0.3) is 5.92 Å². The highest BCUT2D eigenvalue weighted by Crippen LogP contribution is 2.57. The van der Waals surface area contributed by atoms with E-state index in [9.17, 15) is 13.2 Å². The first kappa shape index (κ1) is 14.7. The van der Waals surface area contributed by atoms with E-state index in [0.29, 0.717) is 35.4 Å². The van der Waals surface area contributed by atoms with E-state index in [2.05, 4.69) is 25.6 Å². The van der Waals surface area contributed by atoms with Crippen LogP contribution in [0.25, 0.3) is 11.0 Å². The molecule has 0 aromatic carbocycles. The lowest BCUT2D eigenvalue weighted by molar-refractivity contribution is 0.112. The van der Waals surface area contributed by atoms with Crippen molar-refractivity contribution in [2.45, 2.75) is 49.9 Å². The Kier molecular flexibility index (Phi) is 3.26. The van der Waals surface area contributed by atoms with Gasteiger partial charge in [0.05, 0.1) is 17.3 Å². The lowest BCUT2D eigenvalue weighted by Crippen LogP contribution is -2.50. The van der Waals surface area contributed by atoms with Crippen LogP contribution in [-0.2, 0) is 0 Å². The third-order valence-corrected chi connectivity index (χ3v) is 4.73. The Bertz CT molecular complexity index is 731. The van der Waals surface area contributed by atoms with Gasteiger partial charge in [0.15, 0.2) is 0 Å². The first-order valence-corrected chi connectivity index (χ1v) is 7.79. The molecule has 3 heterocycles. The van der Waals surface area contributed by atoms with Crippen molar-refractivity contribution in [1.82, 2.24) is 20.3 Å². The van der Waals surface area contributed by atoms with Gasteiger partial charge in [-0.15, -0.1) is 0 Å². The van der Waals surface area contributed by atoms with Crippen molar-refractivity contribution in [1.29, 1.82) is 0 Å². The summed E-state index contributed by atoms with van der Waals surface area (Å²) in [6.07, 6.45) is 2.14. The second-order valence-electron chi connectivity index (χ2n) is 6.52. The highest BCUT2D eigenvalue weighted by atomic mass is 19.3. The number of halogens is 3. The van der Waals surface area contributed by atoms with Gasteiger partial charge in [-0.2, -0.15) is 0 Å². The SMILES string of the molecule is C[C@H]1C[C@H](F)[C@@H](Nc2ncnc3[nH]cc(C4CC4(F)F)c23)CN1. The fourth-order valence-corrected chi connectivity index (χ4v) is 3.28. The monoisotopic (exact) mass is 325 g/mol. The maximum atomic E-state index is 14.2. The van der Waals surface area contributed by atoms with Crippen LogP contribution in [0.15, 0.2) is 12.5 Å². The minimum atomic E-state index is -2.67. The summed E-state index contributed by atoms with van der Waals surface area (Å²) in [5.41, 5.74) is 0.994. The maximum Gasteiger partial charge on any atom is 0.256 e. The second kappa shape index (κ2) is 5.09. The Morgan fingerprint density at radius 1 is 1.35 bits per heavy atom. The highest BCUT2D eigenvalue weighted by Gasteiger charge is 2.58. The number of piperidine rings is 1. The largest absolute Gasteiger partial charge is 0.362 e. The minimum absolute atomic E-state index is 0.126. The summed E-state index contributed by atoms with van der Waals surface area (Å²) < 4.78 is 41.1. The number of anilines is 1. The van der Waals surface area contributed by atoms with Crippen molar-refractivity contribution < 1.29 is 13.2 Å². The second-order valence-corrected chi connectivity index (χ2v) is 6.52. The first-order chi connectivity index (χ1) is 11.0. The number of nitrogens with one attached hydrogen (secondary N) is 3. The number of aromatic nitrogens is 3. The predicted molar refractivity (Wildman–Crippen MR) is 80.6 cm³/mol. The van der Waals surface area contributed by atoms with Crippen molar-refractivity contribution in [3.05, 3.63) is 18.1 Å². The van der Waals surface area contributed by atoms with Crippen LogP contribution in [0.4, 0.5) is 19.0 Å². The van der Waals surface area contributed by atoms with Gasteiger partial charge in [-0.05, 0) is 18.9 Å². The van der Waals surface area contributed by atoms with Crippen LogP contribution in [-0.4, -0.2) is 45.7 Å². The summed E-state index contributed by atoms with van der Waals surface area (Å²) >= 11 is 0. The Labute approximate surface area is 131 Å². The van der Waals surface area contributed by atoms with Gasteiger partial charge in [0.2, 0.25) is 0 Å². The molecule has 0 amide bonds. The fourth-order valence-electron chi connectivity index (χ4n) is 3.28. The standard InChI is InChI=1S/C15H18F3N5/c1-7-2-10(16)11(5-19-7)23-14-12-8(9-3-15(9,17)18)4-20-13(12)21-6-22-14/h4,6-7,9-11,19H,2-3,5H2,1H3,(H2,20,21,22,23)/t7-,9?,10-,11-/m0/s1. The molecule has 1 aliphatic carbocycles. The molecular weight excluding hydrogens is 307 g/mol. The zero-order valence-corrected chi connectivity index (χ0v) is 12.6. The summed E-state index contributed by atoms with van der Waals surface area (Å²) in [4.78, 5) is 11.2. The number of hydrogen-bond acceptors (Lipinski definition) is 4. The summed E-state index contributed by atoms with van der Waals surface area (Å²) in [5.74, 6) is -3.07. The van der Waals surface area contributed by atoms with Gasteiger partial charge < -0.3 is 15.6 Å². The molecule has 1 saturated heterocycles. The van der Waals surface area contributed by atoms with Crippen LogP contribution in [0, 0.1) is 0 Å². The topological polar surface area (TPSA) is 65.6 Å². The summed E-state index contributed by atoms with van der Waals surface area (Å²) in [5, 5.41) is 6.83. The summed E-state index contributed by atoms with van der Waals surface area (Å²) in [6.45, 7) is 2.40. The number of hydrogen-bond donors (Lipinski definition) is 3. The molecular formula is C15H18F3N5.